The quantitative estimate of drug-likeness (QED) is 0.750. The van der Waals surface area contributed by atoms with E-state index >= 15 is 0 Å². The third kappa shape index (κ3) is 4.58. The third-order valence-electron chi connectivity index (χ3n) is 5.19. The molecule has 1 aliphatic heterocycles. The highest BCUT2D eigenvalue weighted by molar-refractivity contribution is 5.89. The van der Waals surface area contributed by atoms with E-state index in [0.717, 1.165) is 18.7 Å². The molecule has 2 atom stereocenters. The van der Waals surface area contributed by atoms with Gasteiger partial charge in [-0.05, 0) is 36.3 Å². The first kappa shape index (κ1) is 17.9. The van der Waals surface area contributed by atoms with Crippen molar-refractivity contribution in [1.82, 2.24) is 10.2 Å². The molecule has 1 amide bonds. The molecular weight excluding hydrogens is 320 g/mol. The van der Waals surface area contributed by atoms with Crippen molar-refractivity contribution in [3.8, 4) is 0 Å². The number of benzene rings is 1. The van der Waals surface area contributed by atoms with E-state index in [-0.39, 0.29) is 11.9 Å². The lowest BCUT2D eigenvalue weighted by Crippen LogP contribution is -2.41. The van der Waals surface area contributed by atoms with Crippen molar-refractivity contribution < 1.29 is 19.4 Å². The van der Waals surface area contributed by atoms with Crippen LogP contribution < -0.4 is 5.32 Å². The van der Waals surface area contributed by atoms with Crippen LogP contribution >= 0.6 is 0 Å². The van der Waals surface area contributed by atoms with Gasteiger partial charge < -0.3 is 15.2 Å². The fraction of sp³-hybridized carbons (Fsp3) is 0.579. The van der Waals surface area contributed by atoms with Crippen molar-refractivity contribution in [2.45, 2.75) is 31.8 Å². The maximum atomic E-state index is 12.1. The maximum absolute atomic E-state index is 12.1. The average Bonchev–Trinajstić information content (AvgIpc) is 3.36. The van der Waals surface area contributed by atoms with Crippen LogP contribution in [0.1, 0.15) is 35.2 Å². The van der Waals surface area contributed by atoms with Gasteiger partial charge in [0.05, 0.1) is 12.2 Å². The number of nitrogens with one attached hydrogen (secondary N) is 1. The van der Waals surface area contributed by atoms with Gasteiger partial charge in [0, 0.05) is 39.2 Å². The van der Waals surface area contributed by atoms with E-state index in [9.17, 15) is 14.7 Å². The van der Waals surface area contributed by atoms with Crippen LogP contribution in [0.3, 0.4) is 0 Å². The summed E-state index contributed by atoms with van der Waals surface area (Å²) in [7, 11) is 1.59. The molecule has 0 unspecified atom stereocenters. The summed E-state index contributed by atoms with van der Waals surface area (Å²) in [5, 5.41) is 12.5. The largest absolute Gasteiger partial charge is 0.478 e. The van der Waals surface area contributed by atoms with Crippen molar-refractivity contribution in [2.24, 2.45) is 11.8 Å². The van der Waals surface area contributed by atoms with Crippen LogP contribution in [0.5, 0.6) is 0 Å². The number of nitrogens with zero attached hydrogens (tertiary/aromatic N) is 1. The van der Waals surface area contributed by atoms with Crippen LogP contribution in [0.15, 0.2) is 24.3 Å². The number of hydrogen-bond donors (Lipinski definition) is 2. The van der Waals surface area contributed by atoms with Gasteiger partial charge in [0.25, 0.3) is 0 Å². The molecule has 136 valence electrons. The Morgan fingerprint density at radius 3 is 2.72 bits per heavy atom. The highest BCUT2D eigenvalue weighted by Crippen LogP contribution is 2.41. The summed E-state index contributed by atoms with van der Waals surface area (Å²) in [5.74, 6) is 0.291. The summed E-state index contributed by atoms with van der Waals surface area (Å²) in [6.45, 7) is 2.72. The number of carboxylic acid groups (broad SMARTS) is 1. The van der Waals surface area contributed by atoms with Crippen LogP contribution in [0.25, 0.3) is 0 Å². The Bertz CT molecular complexity index is 630. The molecule has 0 aromatic heterocycles. The van der Waals surface area contributed by atoms with E-state index in [1.165, 1.54) is 12.8 Å². The number of carbonyl (C=O) groups is 2. The second kappa shape index (κ2) is 7.97. The number of rotatable bonds is 8. The molecule has 0 bridgehead atoms. The van der Waals surface area contributed by atoms with Crippen molar-refractivity contribution >= 4 is 11.9 Å². The molecule has 1 saturated carbocycles. The lowest BCUT2D eigenvalue weighted by molar-refractivity contribution is -0.122. The Morgan fingerprint density at radius 2 is 2.04 bits per heavy atom. The second-order valence-corrected chi connectivity index (χ2v) is 7.07. The van der Waals surface area contributed by atoms with Crippen molar-refractivity contribution in [3.05, 3.63) is 35.4 Å². The predicted molar refractivity (Wildman–Crippen MR) is 93.3 cm³/mol. The number of carboxylic acids is 1. The molecule has 1 aromatic rings. The summed E-state index contributed by atoms with van der Waals surface area (Å²) >= 11 is 0. The van der Waals surface area contributed by atoms with Crippen LogP contribution in [-0.4, -0.2) is 54.7 Å². The molecule has 1 saturated heterocycles. The Morgan fingerprint density at radius 1 is 1.28 bits per heavy atom. The molecule has 1 aromatic carbocycles. The summed E-state index contributed by atoms with van der Waals surface area (Å²) in [5.41, 5.74) is 1.19. The van der Waals surface area contributed by atoms with Crippen LogP contribution in [0, 0.1) is 11.8 Å². The summed E-state index contributed by atoms with van der Waals surface area (Å²) in [4.78, 5) is 25.7. The van der Waals surface area contributed by atoms with Gasteiger partial charge in [0.15, 0.2) is 0 Å². The fourth-order valence-electron chi connectivity index (χ4n) is 3.78. The minimum absolute atomic E-state index is 0.0327. The topological polar surface area (TPSA) is 78.9 Å². The normalized spacial score (nSPS) is 23.6. The smallest absolute Gasteiger partial charge is 0.336 e. The summed E-state index contributed by atoms with van der Waals surface area (Å²) in [6.07, 6.45) is 2.84. The zero-order valence-electron chi connectivity index (χ0n) is 14.6. The second-order valence-electron chi connectivity index (χ2n) is 7.07. The number of likely N-dealkylation sites (tertiary alicyclic amines) is 1. The number of aromatic carboxylic acids is 1. The molecule has 2 fully saturated rings. The van der Waals surface area contributed by atoms with Crippen LogP contribution in [0.2, 0.25) is 0 Å². The lowest BCUT2D eigenvalue weighted by atomic mass is 9.98. The first-order valence-corrected chi connectivity index (χ1v) is 8.90. The van der Waals surface area contributed by atoms with Crippen LogP contribution in [-0.2, 0) is 16.1 Å². The number of carbonyl (C=O) groups excluding carboxylic acids is 1. The molecule has 6 heteroatoms. The molecule has 6 nitrogen and oxygen atoms in total. The van der Waals surface area contributed by atoms with E-state index in [1.54, 1.807) is 19.2 Å². The zero-order valence-corrected chi connectivity index (χ0v) is 14.6. The van der Waals surface area contributed by atoms with Gasteiger partial charge in [-0.25, -0.2) is 4.79 Å². The average molecular weight is 346 g/mol. The Labute approximate surface area is 148 Å². The predicted octanol–water partition coefficient (Wildman–Crippen LogP) is 1.75. The number of methoxy groups -OCH3 is 1. The number of hydrogen-bond acceptors (Lipinski definition) is 4. The SMILES string of the molecule is COCCC(=O)N[C@@H]1CN(Cc2ccccc2C(=O)O)C[C@H]1C1CC1. The van der Waals surface area contributed by atoms with Gasteiger partial charge in [-0.2, -0.15) is 0 Å². The minimum Gasteiger partial charge on any atom is -0.478 e. The standard InChI is InChI=1S/C19H26N2O4/c1-25-9-8-18(22)20-17-12-21(11-16(17)13-6-7-13)10-14-4-2-3-5-15(14)19(23)24/h2-5,13,16-17H,6-12H2,1H3,(H,20,22)(H,23,24)/t16-,17+/m0/s1. The molecule has 0 radical (unpaired) electrons. The van der Waals surface area contributed by atoms with E-state index in [2.05, 4.69) is 10.2 Å². The maximum Gasteiger partial charge on any atom is 0.336 e. The van der Waals surface area contributed by atoms with Crippen molar-refractivity contribution in [2.75, 3.05) is 26.8 Å². The highest BCUT2D eigenvalue weighted by Gasteiger charge is 2.42. The zero-order chi connectivity index (χ0) is 17.8. The molecule has 1 aliphatic carbocycles. The van der Waals surface area contributed by atoms with Gasteiger partial charge in [0.1, 0.15) is 0 Å². The molecular formula is C19H26N2O4. The molecule has 1 heterocycles. The Hall–Kier alpha value is -1.92. The van der Waals surface area contributed by atoms with Gasteiger partial charge in [-0.15, -0.1) is 0 Å². The highest BCUT2D eigenvalue weighted by atomic mass is 16.5. The molecule has 0 spiro atoms. The first-order valence-electron chi connectivity index (χ1n) is 8.90. The van der Waals surface area contributed by atoms with Crippen molar-refractivity contribution in [1.29, 1.82) is 0 Å². The minimum atomic E-state index is -0.891. The third-order valence-corrected chi connectivity index (χ3v) is 5.19. The Kier molecular flexibility index (Phi) is 5.71. The van der Waals surface area contributed by atoms with E-state index in [4.69, 9.17) is 4.74 Å². The molecule has 25 heavy (non-hydrogen) atoms. The number of amides is 1. The summed E-state index contributed by atoms with van der Waals surface area (Å²) < 4.78 is 4.97. The molecule has 2 N–H and O–H groups in total. The van der Waals surface area contributed by atoms with Gasteiger partial charge >= 0.3 is 5.97 Å². The monoisotopic (exact) mass is 346 g/mol. The van der Waals surface area contributed by atoms with Crippen LogP contribution in [0.4, 0.5) is 0 Å². The Balaban J connectivity index is 1.64. The van der Waals surface area contributed by atoms with Crippen molar-refractivity contribution in [3.63, 3.8) is 0 Å². The lowest BCUT2D eigenvalue weighted by Gasteiger charge is -2.19. The number of ether oxygens (including phenoxy) is 1. The summed E-state index contributed by atoms with van der Waals surface area (Å²) in [6, 6.07) is 7.30. The van der Waals surface area contributed by atoms with E-state index in [0.29, 0.717) is 37.0 Å². The van der Waals surface area contributed by atoms with Gasteiger partial charge in [-0.3, -0.25) is 9.69 Å². The van der Waals surface area contributed by atoms with Gasteiger partial charge in [-0.1, -0.05) is 18.2 Å². The molecule has 3 rings (SSSR count). The van der Waals surface area contributed by atoms with E-state index < -0.39 is 5.97 Å². The van der Waals surface area contributed by atoms with Gasteiger partial charge in [0.2, 0.25) is 5.91 Å². The first-order chi connectivity index (χ1) is 12.1. The molecule has 2 aliphatic rings. The van der Waals surface area contributed by atoms with E-state index in [1.807, 2.05) is 12.1 Å². The fourth-order valence-corrected chi connectivity index (χ4v) is 3.78.